The van der Waals surface area contributed by atoms with Crippen molar-refractivity contribution in [2.24, 2.45) is 7.05 Å². The van der Waals surface area contributed by atoms with E-state index in [1.807, 2.05) is 24.3 Å². The number of fused-ring (bicyclic) bond motifs is 5. The molecule has 0 aliphatic carbocycles. The van der Waals surface area contributed by atoms with Crippen molar-refractivity contribution >= 4 is 51.4 Å². The van der Waals surface area contributed by atoms with E-state index in [0.29, 0.717) is 4.70 Å². The van der Waals surface area contributed by atoms with E-state index in [4.69, 9.17) is 4.74 Å². The van der Waals surface area contributed by atoms with Crippen molar-refractivity contribution in [3.8, 4) is 34.0 Å². The van der Waals surface area contributed by atoms with Gasteiger partial charge in [-0.2, -0.15) is 0 Å². The number of hydrogen-bond donors (Lipinski definition) is 0. The van der Waals surface area contributed by atoms with Gasteiger partial charge in [0, 0.05) is 37.6 Å². The number of carbonyl (C=O) groups is 1. The van der Waals surface area contributed by atoms with E-state index in [0.717, 1.165) is 72.9 Å². The first-order chi connectivity index (χ1) is 19.2. The highest BCUT2D eigenvalue weighted by molar-refractivity contribution is 7.01. The van der Waals surface area contributed by atoms with E-state index in [9.17, 15) is 4.79 Å². The Kier molecular flexibility index (Phi) is 2.79. The highest BCUT2D eigenvalue weighted by atomic mass is 16.5. The number of aryl methyl sites for hydroxylation is 1. The molecule has 39 heavy (non-hydrogen) atoms. The minimum Gasteiger partial charge on any atom is -0.444 e. The lowest BCUT2D eigenvalue weighted by molar-refractivity contribution is -1.02. The number of hydrogen-bond acceptors (Lipinski definition) is 2. The average Bonchev–Trinajstić information content (AvgIpc) is 3.58. The fourth-order valence-electron chi connectivity index (χ4n) is 8.37. The lowest BCUT2D eigenvalue weighted by atomic mass is 9.35. The number of imidazole rings is 1. The molecule has 7 heteroatoms. The molecule has 1 spiro atoms. The number of carbonyl (C=O) groups excluding carboxylic acids is 1. The summed E-state index contributed by atoms with van der Waals surface area (Å²) in [6, 6.07) is 29.5. The third-order valence-corrected chi connectivity index (χ3v) is 9.60. The van der Waals surface area contributed by atoms with E-state index in [1.54, 1.807) is 0 Å². The van der Waals surface area contributed by atoms with Gasteiger partial charge in [0.1, 0.15) is 10.3 Å². The molecule has 4 aromatic carbocycles. The first kappa shape index (κ1) is 19.1. The van der Waals surface area contributed by atoms with Crippen molar-refractivity contribution in [3.63, 3.8) is 0 Å². The van der Waals surface area contributed by atoms with E-state index in [-0.39, 0.29) is 12.5 Å². The molecular weight excluding hydrogens is 483 g/mol. The van der Waals surface area contributed by atoms with Gasteiger partial charge < -0.3 is 4.74 Å². The third kappa shape index (κ3) is 1.69. The zero-order chi connectivity index (χ0) is 25.4. The molecule has 0 radical (unpaired) electrons. The van der Waals surface area contributed by atoms with Crippen LogP contribution >= 0.6 is 0 Å². The van der Waals surface area contributed by atoms with Gasteiger partial charge in [-0.15, -0.1) is 0 Å². The second-order valence-corrected chi connectivity index (χ2v) is 11.1. The monoisotopic (exact) mass is 501 g/mol. The quantitative estimate of drug-likeness (QED) is 0.182. The Balaban J connectivity index is 1.47. The van der Waals surface area contributed by atoms with Gasteiger partial charge in [0.15, 0.2) is 22.8 Å². The van der Waals surface area contributed by atoms with Gasteiger partial charge >= 0.3 is 12.5 Å². The van der Waals surface area contributed by atoms with Crippen molar-refractivity contribution in [1.82, 2.24) is 9.27 Å². The lowest BCUT2D eigenvalue weighted by Gasteiger charge is -2.36. The van der Waals surface area contributed by atoms with Crippen molar-refractivity contribution < 1.29 is 18.9 Å². The maximum atomic E-state index is 14.1. The summed E-state index contributed by atoms with van der Waals surface area (Å²) in [5.41, 5.74) is 12.9. The topological polar surface area (TPSA) is 39.0 Å². The van der Waals surface area contributed by atoms with Gasteiger partial charge in [-0.25, -0.2) is 4.57 Å². The minimum atomic E-state index is -0.0178. The predicted molar refractivity (Wildman–Crippen MR) is 147 cm³/mol. The number of para-hydroxylation sites is 3. The summed E-state index contributed by atoms with van der Waals surface area (Å²) in [5, 5.41) is 0. The van der Waals surface area contributed by atoms with Crippen LogP contribution < -0.4 is 35.3 Å². The second kappa shape index (κ2) is 5.70. The molecule has 178 valence electrons. The van der Waals surface area contributed by atoms with E-state index in [1.165, 1.54) is 11.2 Å². The Labute approximate surface area is 222 Å². The first-order valence-electron chi connectivity index (χ1n) is 13.3. The van der Waals surface area contributed by atoms with Crippen LogP contribution in [-0.4, -0.2) is 17.1 Å². The molecule has 11 rings (SSSR count). The highest BCUT2D eigenvalue weighted by Crippen LogP contribution is 2.57. The van der Waals surface area contributed by atoms with Gasteiger partial charge in [0.2, 0.25) is 17.3 Å². The Morgan fingerprint density at radius 2 is 1.51 bits per heavy atom. The number of quaternary nitrogens is 1. The molecule has 1 atom stereocenters. The average molecular weight is 501 g/mol. The number of aromatic nitrogens is 3. The minimum absolute atomic E-state index is 0.0178. The normalized spacial score (nSPS) is 18.7. The van der Waals surface area contributed by atoms with E-state index < -0.39 is 0 Å². The van der Waals surface area contributed by atoms with Crippen molar-refractivity contribution in [3.05, 3.63) is 102 Å². The molecule has 0 N–H and O–H groups in total. The molecule has 6 nitrogen and oxygen atoms in total. The van der Waals surface area contributed by atoms with Gasteiger partial charge in [0.05, 0.1) is 7.05 Å². The number of ketones is 1. The van der Waals surface area contributed by atoms with E-state index in [2.05, 4.69) is 87.8 Å². The van der Waals surface area contributed by atoms with Crippen molar-refractivity contribution in [2.75, 3.05) is 0 Å². The molecule has 6 aromatic rings. The van der Waals surface area contributed by atoms with Crippen LogP contribution in [0.25, 0.3) is 33.5 Å². The third-order valence-electron chi connectivity index (χ3n) is 9.60. The highest BCUT2D eigenvalue weighted by Gasteiger charge is 2.74. The molecule has 7 heterocycles. The van der Waals surface area contributed by atoms with Crippen LogP contribution in [-0.2, 0) is 7.05 Å². The fourth-order valence-corrected chi connectivity index (χ4v) is 8.37. The predicted octanol–water partition coefficient (Wildman–Crippen LogP) is 2.76. The maximum absolute atomic E-state index is 14.1. The van der Waals surface area contributed by atoms with Gasteiger partial charge in [0.25, 0.3) is 11.4 Å². The number of rotatable bonds is 0. The van der Waals surface area contributed by atoms with Crippen LogP contribution in [0, 0.1) is 0 Å². The summed E-state index contributed by atoms with van der Waals surface area (Å²) in [4.78, 5) is 14.1. The summed E-state index contributed by atoms with van der Waals surface area (Å²) in [6.45, 7) is -0.0178. The number of pyridine rings is 1. The zero-order valence-corrected chi connectivity index (χ0v) is 20.8. The number of ether oxygens (including phenoxy) is 1. The summed E-state index contributed by atoms with van der Waals surface area (Å²) < 4.78 is 14.2. The summed E-state index contributed by atoms with van der Waals surface area (Å²) in [7, 11) is 2.14. The standard InChI is InChI=1S/C32H18BN4O2/c1-34-22-11-2-3-12-23(22)36-32(34)21-9-5-13-24-28(21)37(36)29-25(39-24)15-14-20-27(29)33-26-17(7-4-8-19(26)30(20)38)18-10-6-16-35(37)31(18)33/h2-16H,1H3/q+3. The molecule has 5 aliphatic rings. The molecule has 0 saturated heterocycles. The molecular formula is C32H18BN4O2+3. The number of benzene rings is 4. The van der Waals surface area contributed by atoms with E-state index >= 15 is 0 Å². The lowest BCUT2D eigenvalue weighted by Crippen LogP contribution is -2.92. The Bertz CT molecular complexity index is 2270. The van der Waals surface area contributed by atoms with Crippen molar-refractivity contribution in [2.45, 2.75) is 0 Å². The summed E-state index contributed by atoms with van der Waals surface area (Å²) in [5.74, 6) is 2.86. The smallest absolute Gasteiger partial charge is 0.354 e. The summed E-state index contributed by atoms with van der Waals surface area (Å²) >= 11 is 0. The van der Waals surface area contributed by atoms with Crippen LogP contribution in [0.4, 0.5) is 11.4 Å². The molecule has 5 aliphatic heterocycles. The van der Waals surface area contributed by atoms with Crippen LogP contribution in [0.15, 0.2) is 91.1 Å². The zero-order valence-electron chi connectivity index (χ0n) is 20.8. The van der Waals surface area contributed by atoms with Crippen molar-refractivity contribution in [1.29, 1.82) is 0 Å². The number of nitrogens with zero attached hydrogens (tertiary/aromatic N) is 4. The first-order valence-corrected chi connectivity index (χ1v) is 13.3. The van der Waals surface area contributed by atoms with Crippen LogP contribution in [0.3, 0.4) is 0 Å². The Morgan fingerprint density at radius 3 is 2.46 bits per heavy atom. The van der Waals surface area contributed by atoms with Gasteiger partial charge in [-0.3, -0.25) is 4.79 Å². The van der Waals surface area contributed by atoms with Gasteiger partial charge in [-0.1, -0.05) is 36.4 Å². The Hall–Kier alpha value is -5.01. The largest absolute Gasteiger partial charge is 0.444 e. The van der Waals surface area contributed by atoms with Crippen LogP contribution in [0.1, 0.15) is 15.9 Å². The molecule has 0 fully saturated rings. The molecule has 0 saturated carbocycles. The SMILES string of the molecule is Cn1c2[n+](c3ccccc31)[N+]13c4c(cccc4-2)Oc2ccc4c(c21)B1c2c(cccc2-c2ccc[n+]3c21)C4=O. The molecule has 0 amide bonds. The molecule has 1 unspecified atom stereocenters. The van der Waals surface area contributed by atoms with Crippen LogP contribution in [0.5, 0.6) is 11.5 Å². The molecule has 2 aromatic heterocycles. The van der Waals surface area contributed by atoms with Gasteiger partial charge in [-0.05, 0) is 53.5 Å². The Morgan fingerprint density at radius 1 is 0.744 bits per heavy atom. The molecule has 0 bridgehead atoms. The fraction of sp³-hybridized carbons (Fsp3) is 0.0312. The second-order valence-electron chi connectivity index (χ2n) is 11.1. The summed E-state index contributed by atoms with van der Waals surface area (Å²) in [6.07, 6.45) is 2.22. The maximum Gasteiger partial charge on any atom is 0.354 e. The van der Waals surface area contributed by atoms with Crippen LogP contribution in [0.2, 0.25) is 0 Å².